The van der Waals surface area contributed by atoms with E-state index in [2.05, 4.69) is 26.2 Å². The van der Waals surface area contributed by atoms with Gasteiger partial charge >= 0.3 is 0 Å². The van der Waals surface area contributed by atoms with Gasteiger partial charge in [0.05, 0.1) is 18.0 Å². The lowest BCUT2D eigenvalue weighted by Crippen LogP contribution is -2.28. The third-order valence-corrected chi connectivity index (χ3v) is 3.06. The number of anilines is 1. The quantitative estimate of drug-likeness (QED) is 0.815. The second kappa shape index (κ2) is 4.57. The molecular formula is C13H13N5. The number of nitriles is 1. The fraction of sp³-hybridized carbons (Fsp3) is 0.385. The summed E-state index contributed by atoms with van der Waals surface area (Å²) in [6.07, 6.45) is 2.80. The monoisotopic (exact) mass is 239 g/mol. The number of rotatable bonds is 4. The molecule has 0 saturated heterocycles. The lowest BCUT2D eigenvalue weighted by atomic mass is 10.3. The van der Waals surface area contributed by atoms with Crippen LogP contribution in [0.25, 0.3) is 11.0 Å². The molecule has 90 valence electrons. The van der Waals surface area contributed by atoms with Crippen LogP contribution in [0, 0.1) is 11.3 Å². The van der Waals surface area contributed by atoms with Gasteiger partial charge in [0.2, 0.25) is 5.95 Å². The molecule has 0 amide bonds. The van der Waals surface area contributed by atoms with Crippen molar-refractivity contribution in [2.75, 3.05) is 11.4 Å². The van der Waals surface area contributed by atoms with Crippen LogP contribution in [0.1, 0.15) is 19.3 Å². The number of hydrogen-bond donors (Lipinski definition) is 0. The maximum atomic E-state index is 8.70. The van der Waals surface area contributed by atoms with Crippen molar-refractivity contribution in [2.45, 2.75) is 25.3 Å². The van der Waals surface area contributed by atoms with E-state index in [9.17, 15) is 0 Å². The molecule has 0 bridgehead atoms. The van der Waals surface area contributed by atoms with Gasteiger partial charge in [0.25, 0.3) is 0 Å². The van der Waals surface area contributed by atoms with E-state index in [4.69, 9.17) is 5.26 Å². The number of benzene rings is 1. The van der Waals surface area contributed by atoms with Crippen molar-refractivity contribution in [1.82, 2.24) is 15.2 Å². The van der Waals surface area contributed by atoms with Crippen LogP contribution in [-0.4, -0.2) is 27.8 Å². The maximum absolute atomic E-state index is 8.70. The third-order valence-electron chi connectivity index (χ3n) is 3.06. The Labute approximate surface area is 105 Å². The fourth-order valence-electron chi connectivity index (χ4n) is 2.00. The van der Waals surface area contributed by atoms with Gasteiger partial charge in [-0.3, -0.25) is 0 Å². The number of fused-ring (bicyclic) bond motifs is 1. The molecule has 1 heterocycles. The van der Waals surface area contributed by atoms with Crippen molar-refractivity contribution in [3.8, 4) is 6.07 Å². The molecule has 3 rings (SSSR count). The maximum Gasteiger partial charge on any atom is 0.246 e. The van der Waals surface area contributed by atoms with Gasteiger partial charge in [-0.05, 0) is 25.0 Å². The minimum Gasteiger partial charge on any atom is -0.335 e. The summed E-state index contributed by atoms with van der Waals surface area (Å²) in [7, 11) is 0. The first kappa shape index (κ1) is 10.9. The van der Waals surface area contributed by atoms with E-state index >= 15 is 0 Å². The first-order valence-corrected chi connectivity index (χ1v) is 6.11. The molecule has 1 aromatic heterocycles. The molecule has 18 heavy (non-hydrogen) atoms. The van der Waals surface area contributed by atoms with E-state index in [0.717, 1.165) is 23.9 Å². The molecule has 5 nitrogen and oxygen atoms in total. The van der Waals surface area contributed by atoms with Crippen molar-refractivity contribution in [3.05, 3.63) is 24.3 Å². The van der Waals surface area contributed by atoms with Gasteiger partial charge < -0.3 is 4.90 Å². The summed E-state index contributed by atoms with van der Waals surface area (Å²) in [5, 5.41) is 17.1. The first-order valence-electron chi connectivity index (χ1n) is 6.11. The molecule has 0 aliphatic heterocycles. The van der Waals surface area contributed by atoms with Crippen molar-refractivity contribution in [3.63, 3.8) is 0 Å². The summed E-state index contributed by atoms with van der Waals surface area (Å²) in [6, 6.07) is 10.4. The third kappa shape index (κ3) is 2.09. The molecule has 1 saturated carbocycles. The molecule has 1 aromatic carbocycles. The number of para-hydroxylation sites is 1. The molecule has 0 atom stereocenters. The van der Waals surface area contributed by atoms with Gasteiger partial charge in [-0.2, -0.15) is 5.26 Å². The Morgan fingerprint density at radius 2 is 2.00 bits per heavy atom. The van der Waals surface area contributed by atoms with E-state index < -0.39 is 0 Å². The Kier molecular flexibility index (Phi) is 2.77. The van der Waals surface area contributed by atoms with Crippen molar-refractivity contribution < 1.29 is 0 Å². The molecule has 5 heteroatoms. The molecule has 0 N–H and O–H groups in total. The Hall–Kier alpha value is -2.22. The molecule has 0 radical (unpaired) electrons. The zero-order valence-corrected chi connectivity index (χ0v) is 9.95. The molecule has 2 aromatic rings. The average Bonchev–Trinajstić information content (AvgIpc) is 3.24. The minimum absolute atomic E-state index is 0.487. The molecule has 1 fully saturated rings. The summed E-state index contributed by atoms with van der Waals surface area (Å²) in [4.78, 5) is 6.63. The van der Waals surface area contributed by atoms with Crippen molar-refractivity contribution in [2.24, 2.45) is 0 Å². The largest absolute Gasteiger partial charge is 0.335 e. The first-order chi connectivity index (χ1) is 8.88. The van der Waals surface area contributed by atoms with Crippen LogP contribution >= 0.6 is 0 Å². The van der Waals surface area contributed by atoms with Crippen molar-refractivity contribution in [1.29, 1.82) is 5.26 Å². The molecule has 1 aliphatic rings. The number of aromatic nitrogens is 3. The summed E-state index contributed by atoms with van der Waals surface area (Å²) >= 11 is 0. The van der Waals surface area contributed by atoms with Crippen LogP contribution in [-0.2, 0) is 0 Å². The van der Waals surface area contributed by atoms with E-state index in [1.54, 1.807) is 0 Å². The van der Waals surface area contributed by atoms with Gasteiger partial charge in [0.15, 0.2) is 0 Å². The Bertz CT molecular complexity index is 600. The van der Waals surface area contributed by atoms with Crippen LogP contribution in [0.3, 0.4) is 0 Å². The van der Waals surface area contributed by atoms with Gasteiger partial charge in [-0.15, -0.1) is 10.2 Å². The predicted octanol–water partition coefficient (Wildman–Crippen LogP) is 1.91. The zero-order chi connectivity index (χ0) is 12.4. The molecule has 1 aliphatic carbocycles. The van der Waals surface area contributed by atoms with Gasteiger partial charge in [-0.25, -0.2) is 4.98 Å². The van der Waals surface area contributed by atoms with Crippen LogP contribution in [0.2, 0.25) is 0 Å². The predicted molar refractivity (Wildman–Crippen MR) is 67.9 cm³/mol. The highest BCUT2D eigenvalue weighted by Crippen LogP contribution is 2.29. The highest BCUT2D eigenvalue weighted by molar-refractivity contribution is 5.74. The molecule has 0 spiro atoms. The van der Waals surface area contributed by atoms with Gasteiger partial charge in [-0.1, -0.05) is 12.1 Å². The summed E-state index contributed by atoms with van der Waals surface area (Å²) < 4.78 is 0. The minimum atomic E-state index is 0.487. The highest BCUT2D eigenvalue weighted by Gasteiger charge is 2.30. The second-order valence-corrected chi connectivity index (χ2v) is 4.43. The van der Waals surface area contributed by atoms with E-state index in [1.807, 2.05) is 24.3 Å². The smallest absolute Gasteiger partial charge is 0.246 e. The lowest BCUT2D eigenvalue weighted by molar-refractivity contribution is 0.750. The Morgan fingerprint density at radius 1 is 1.22 bits per heavy atom. The topological polar surface area (TPSA) is 65.7 Å². The Balaban J connectivity index is 1.93. The van der Waals surface area contributed by atoms with E-state index in [0.29, 0.717) is 25.0 Å². The fourth-order valence-corrected chi connectivity index (χ4v) is 2.00. The van der Waals surface area contributed by atoms with Crippen molar-refractivity contribution >= 4 is 17.0 Å². The standard InChI is InChI=1S/C13H13N5/c14-8-3-9-18(10-6-7-10)13-15-11-4-1-2-5-12(11)16-17-13/h1-2,4-5,10H,3,6-7,9H2. The lowest BCUT2D eigenvalue weighted by Gasteiger charge is -2.20. The van der Waals surface area contributed by atoms with Crippen LogP contribution in [0.15, 0.2) is 24.3 Å². The summed E-state index contributed by atoms with van der Waals surface area (Å²) in [6.45, 7) is 0.682. The van der Waals surface area contributed by atoms with Gasteiger partial charge in [0.1, 0.15) is 5.52 Å². The van der Waals surface area contributed by atoms with Crippen LogP contribution in [0.4, 0.5) is 5.95 Å². The Morgan fingerprint density at radius 3 is 2.72 bits per heavy atom. The van der Waals surface area contributed by atoms with Crippen LogP contribution in [0.5, 0.6) is 0 Å². The number of nitrogens with zero attached hydrogens (tertiary/aromatic N) is 5. The molecule has 0 unspecified atom stereocenters. The SMILES string of the molecule is N#CCCN(c1nnc2ccccc2n1)C1CC1. The highest BCUT2D eigenvalue weighted by atomic mass is 15.3. The number of hydrogen-bond acceptors (Lipinski definition) is 5. The van der Waals surface area contributed by atoms with E-state index in [1.165, 1.54) is 0 Å². The zero-order valence-electron chi connectivity index (χ0n) is 9.95. The summed E-state index contributed by atoms with van der Waals surface area (Å²) in [5.74, 6) is 0.645. The average molecular weight is 239 g/mol. The summed E-state index contributed by atoms with van der Waals surface area (Å²) in [5.41, 5.74) is 1.65. The normalized spacial score (nSPS) is 14.4. The molecular weight excluding hydrogens is 226 g/mol. The second-order valence-electron chi connectivity index (χ2n) is 4.43. The van der Waals surface area contributed by atoms with E-state index in [-0.39, 0.29) is 0 Å². The van der Waals surface area contributed by atoms with Gasteiger partial charge in [0, 0.05) is 12.6 Å². The van der Waals surface area contributed by atoms with Crippen LogP contribution < -0.4 is 4.90 Å².